The number of unbranched alkanes of at least 4 members (excludes halogenated alkanes) is 4. The number of hydrogen-bond acceptors (Lipinski definition) is 4. The second kappa shape index (κ2) is 17.2. The molecule has 0 bridgehead atoms. The summed E-state index contributed by atoms with van der Waals surface area (Å²) in [4.78, 5) is 0. The van der Waals surface area contributed by atoms with Crippen molar-refractivity contribution in [2.75, 3.05) is 19.8 Å². The molecule has 0 aliphatic carbocycles. The summed E-state index contributed by atoms with van der Waals surface area (Å²) in [5.74, 6) is 0. The third-order valence-electron chi connectivity index (χ3n) is 2.17. The average molecular weight is 236 g/mol. The highest BCUT2D eigenvalue weighted by atomic mass is 16.3. The van der Waals surface area contributed by atoms with Gasteiger partial charge in [0.1, 0.15) is 0 Å². The standard InChI is InChI=1S/2C6H14O2/c1-2-3-4-6(8)5-7;7-5-3-1-2-4-6-8/h6-8H,2-5H2,1H3;7-8H,1-6H2. The third-order valence-corrected chi connectivity index (χ3v) is 2.17. The second-order valence-corrected chi connectivity index (χ2v) is 3.84. The molecular weight excluding hydrogens is 208 g/mol. The number of aliphatic hydroxyl groups excluding tert-OH is 4. The second-order valence-electron chi connectivity index (χ2n) is 3.84. The first kappa shape index (κ1) is 18.2. The molecule has 100 valence electrons. The van der Waals surface area contributed by atoms with Gasteiger partial charge in [0, 0.05) is 13.2 Å². The van der Waals surface area contributed by atoms with Crippen LogP contribution in [-0.2, 0) is 0 Å². The van der Waals surface area contributed by atoms with Crippen LogP contribution in [0.4, 0.5) is 0 Å². The molecule has 0 spiro atoms. The smallest absolute Gasteiger partial charge is 0.0770 e. The van der Waals surface area contributed by atoms with E-state index in [1.807, 2.05) is 0 Å². The van der Waals surface area contributed by atoms with Gasteiger partial charge >= 0.3 is 0 Å². The Morgan fingerprint density at radius 1 is 0.812 bits per heavy atom. The maximum Gasteiger partial charge on any atom is 0.0770 e. The highest BCUT2D eigenvalue weighted by Gasteiger charge is 1.97. The van der Waals surface area contributed by atoms with Gasteiger partial charge in [-0.3, -0.25) is 0 Å². The zero-order valence-electron chi connectivity index (χ0n) is 10.4. The number of hydrogen-bond donors (Lipinski definition) is 4. The maximum atomic E-state index is 8.74. The highest BCUT2D eigenvalue weighted by molar-refractivity contribution is 4.50. The summed E-state index contributed by atoms with van der Waals surface area (Å²) in [6.45, 7) is 2.53. The van der Waals surface area contributed by atoms with Crippen molar-refractivity contribution >= 4 is 0 Å². The maximum absolute atomic E-state index is 8.74. The molecule has 0 rings (SSSR count). The van der Waals surface area contributed by atoms with Crippen molar-refractivity contribution < 1.29 is 20.4 Å². The fourth-order valence-electron chi connectivity index (χ4n) is 1.11. The Labute approximate surface area is 98.9 Å². The minimum absolute atomic E-state index is 0.0972. The predicted molar refractivity (Wildman–Crippen MR) is 65.3 cm³/mol. The molecule has 0 saturated carbocycles. The normalized spacial score (nSPS) is 11.8. The summed E-state index contributed by atoms with van der Waals surface area (Å²) in [5, 5.41) is 33.7. The van der Waals surface area contributed by atoms with E-state index in [0.717, 1.165) is 44.9 Å². The van der Waals surface area contributed by atoms with Crippen LogP contribution >= 0.6 is 0 Å². The predicted octanol–water partition coefficient (Wildman–Crippen LogP) is 1.06. The number of rotatable bonds is 9. The summed E-state index contributed by atoms with van der Waals surface area (Å²) in [6.07, 6.45) is 6.15. The van der Waals surface area contributed by atoms with Gasteiger partial charge < -0.3 is 20.4 Å². The molecule has 1 atom stereocenters. The molecule has 0 aromatic rings. The molecule has 16 heavy (non-hydrogen) atoms. The van der Waals surface area contributed by atoms with Crippen LogP contribution in [0.3, 0.4) is 0 Å². The first-order valence-corrected chi connectivity index (χ1v) is 6.23. The highest BCUT2D eigenvalue weighted by Crippen LogP contribution is 1.98. The fourth-order valence-corrected chi connectivity index (χ4v) is 1.11. The van der Waals surface area contributed by atoms with E-state index in [4.69, 9.17) is 20.4 Å². The van der Waals surface area contributed by atoms with Gasteiger partial charge in [-0.25, -0.2) is 0 Å². The molecule has 0 amide bonds. The Bertz CT molecular complexity index is 103. The average Bonchev–Trinajstić information content (AvgIpc) is 2.32. The Balaban J connectivity index is 0. The molecule has 4 heteroatoms. The molecule has 0 aliphatic rings. The zero-order chi connectivity index (χ0) is 12.6. The van der Waals surface area contributed by atoms with Gasteiger partial charge in [0.05, 0.1) is 12.7 Å². The SMILES string of the molecule is CCCCC(O)CO.OCCCCCCO. The third kappa shape index (κ3) is 19.4. The molecular formula is C12H28O4. The molecule has 4 nitrogen and oxygen atoms in total. The molecule has 1 unspecified atom stereocenters. The lowest BCUT2D eigenvalue weighted by Gasteiger charge is -2.02. The molecule has 0 fully saturated rings. The van der Waals surface area contributed by atoms with E-state index in [9.17, 15) is 0 Å². The monoisotopic (exact) mass is 236 g/mol. The minimum Gasteiger partial charge on any atom is -0.396 e. The van der Waals surface area contributed by atoms with E-state index < -0.39 is 6.10 Å². The molecule has 0 heterocycles. The Morgan fingerprint density at radius 2 is 1.31 bits per heavy atom. The van der Waals surface area contributed by atoms with E-state index in [1.54, 1.807) is 0 Å². The van der Waals surface area contributed by atoms with Crippen molar-refractivity contribution in [1.29, 1.82) is 0 Å². The van der Waals surface area contributed by atoms with E-state index in [-0.39, 0.29) is 19.8 Å². The van der Waals surface area contributed by atoms with E-state index in [2.05, 4.69) is 6.92 Å². The zero-order valence-corrected chi connectivity index (χ0v) is 10.4. The van der Waals surface area contributed by atoms with Crippen LogP contribution in [0.15, 0.2) is 0 Å². The summed E-state index contributed by atoms with van der Waals surface area (Å²) in [6, 6.07) is 0. The van der Waals surface area contributed by atoms with Crippen LogP contribution in [0.5, 0.6) is 0 Å². The van der Waals surface area contributed by atoms with Crippen LogP contribution in [0, 0.1) is 0 Å². The van der Waals surface area contributed by atoms with Crippen LogP contribution in [0.2, 0.25) is 0 Å². The molecule has 4 N–H and O–H groups in total. The van der Waals surface area contributed by atoms with Gasteiger partial charge in [-0.15, -0.1) is 0 Å². The van der Waals surface area contributed by atoms with Crippen molar-refractivity contribution in [3.63, 3.8) is 0 Å². The molecule has 0 aromatic heterocycles. The summed E-state index contributed by atoms with van der Waals surface area (Å²) in [7, 11) is 0. The molecule has 0 radical (unpaired) electrons. The first-order chi connectivity index (χ1) is 7.72. The van der Waals surface area contributed by atoms with E-state index in [1.165, 1.54) is 0 Å². The van der Waals surface area contributed by atoms with E-state index in [0.29, 0.717) is 0 Å². The van der Waals surface area contributed by atoms with Crippen molar-refractivity contribution in [1.82, 2.24) is 0 Å². The topological polar surface area (TPSA) is 80.9 Å². The van der Waals surface area contributed by atoms with Gasteiger partial charge in [0.25, 0.3) is 0 Å². The Morgan fingerprint density at radius 3 is 1.62 bits per heavy atom. The van der Waals surface area contributed by atoms with Gasteiger partial charge in [-0.05, 0) is 19.3 Å². The lowest BCUT2D eigenvalue weighted by molar-refractivity contribution is 0.0865. The molecule has 0 aliphatic heterocycles. The molecule has 0 aromatic carbocycles. The Kier molecular flexibility index (Phi) is 19.6. The minimum atomic E-state index is -0.491. The van der Waals surface area contributed by atoms with Crippen LogP contribution in [0.1, 0.15) is 51.9 Å². The fraction of sp³-hybridized carbons (Fsp3) is 1.00. The number of aliphatic hydroxyl groups is 4. The lowest BCUT2D eigenvalue weighted by Crippen LogP contribution is -2.10. The summed E-state index contributed by atoms with van der Waals surface area (Å²) < 4.78 is 0. The largest absolute Gasteiger partial charge is 0.396 e. The van der Waals surface area contributed by atoms with Gasteiger partial charge in [0.2, 0.25) is 0 Å². The van der Waals surface area contributed by atoms with Crippen molar-refractivity contribution in [3.05, 3.63) is 0 Å². The first-order valence-electron chi connectivity index (χ1n) is 6.23. The summed E-state index contributed by atoms with van der Waals surface area (Å²) in [5.41, 5.74) is 0. The van der Waals surface area contributed by atoms with E-state index >= 15 is 0 Å². The Hall–Kier alpha value is -0.160. The van der Waals surface area contributed by atoms with Crippen LogP contribution in [-0.4, -0.2) is 46.4 Å². The summed E-state index contributed by atoms with van der Waals surface area (Å²) >= 11 is 0. The lowest BCUT2D eigenvalue weighted by atomic mass is 10.2. The molecule has 0 saturated heterocycles. The van der Waals surface area contributed by atoms with Gasteiger partial charge in [-0.2, -0.15) is 0 Å². The van der Waals surface area contributed by atoms with Crippen molar-refractivity contribution in [2.45, 2.75) is 58.0 Å². The van der Waals surface area contributed by atoms with Crippen molar-refractivity contribution in [2.24, 2.45) is 0 Å². The van der Waals surface area contributed by atoms with Crippen molar-refractivity contribution in [3.8, 4) is 0 Å². The van der Waals surface area contributed by atoms with Gasteiger partial charge in [-0.1, -0.05) is 32.6 Å². The van der Waals surface area contributed by atoms with Gasteiger partial charge in [0.15, 0.2) is 0 Å². The van der Waals surface area contributed by atoms with Crippen LogP contribution < -0.4 is 0 Å². The van der Waals surface area contributed by atoms with Crippen LogP contribution in [0.25, 0.3) is 0 Å². The quantitative estimate of drug-likeness (QED) is 0.451.